The third-order valence-corrected chi connectivity index (χ3v) is 5.38. The number of allylic oxidation sites excluding steroid dienone is 1. The number of amides is 4. The summed E-state index contributed by atoms with van der Waals surface area (Å²) < 4.78 is 0. The minimum atomic E-state index is -2.75. The van der Waals surface area contributed by atoms with Crippen LogP contribution in [-0.4, -0.2) is 87.0 Å². The predicted molar refractivity (Wildman–Crippen MR) is 130 cm³/mol. The number of aliphatic hydroxyl groups is 1. The lowest BCUT2D eigenvalue weighted by molar-refractivity contribution is -0.324. The summed E-state index contributed by atoms with van der Waals surface area (Å²) in [7, 11) is 0. The summed E-state index contributed by atoms with van der Waals surface area (Å²) in [6.45, 7) is 3.11. The Morgan fingerprint density at radius 2 is 1.35 bits per heavy atom. The van der Waals surface area contributed by atoms with Gasteiger partial charge in [-0.1, -0.05) is 38.7 Å². The Bertz CT molecular complexity index is 775. The standard InChI is InChI=1S/C24H42N4O9/c1-3-4-5-6-7-8-9-12-22(32)28(37)16-11-14-26-21(31)18-24(35,23(33)34)17-20(30)25-13-10-15-27(36)19(2)29/h9,12,35-37H,3-8,10-11,13-18H2,1-2H3,(H,25,30)(H,26,31)(H,33,34)/p-1/b12-9+. The maximum Gasteiger partial charge on any atom is 0.269 e. The number of carbonyl (C=O) groups excluding carboxylic acids is 5. The minimum Gasteiger partial charge on any atom is -0.547 e. The molecular weight excluding hydrogens is 488 g/mol. The zero-order chi connectivity index (χ0) is 28.3. The Balaban J connectivity index is 4.32. The van der Waals surface area contributed by atoms with Crippen molar-refractivity contribution < 1.29 is 44.6 Å². The van der Waals surface area contributed by atoms with Crippen LogP contribution in [0.3, 0.4) is 0 Å². The van der Waals surface area contributed by atoms with Crippen molar-refractivity contribution in [2.24, 2.45) is 0 Å². The van der Waals surface area contributed by atoms with E-state index in [1.54, 1.807) is 6.08 Å². The van der Waals surface area contributed by atoms with Crippen LogP contribution in [0.2, 0.25) is 0 Å². The molecule has 13 heteroatoms. The van der Waals surface area contributed by atoms with E-state index in [-0.39, 0.29) is 39.0 Å². The Morgan fingerprint density at radius 1 is 0.838 bits per heavy atom. The van der Waals surface area contributed by atoms with Crippen molar-refractivity contribution in [1.29, 1.82) is 0 Å². The van der Waals surface area contributed by atoms with Gasteiger partial charge in [-0.05, 0) is 25.7 Å². The fourth-order valence-electron chi connectivity index (χ4n) is 3.18. The predicted octanol–water partition coefficient (Wildman–Crippen LogP) is -0.368. The molecule has 0 fully saturated rings. The molecule has 0 spiro atoms. The van der Waals surface area contributed by atoms with E-state index in [9.17, 15) is 44.6 Å². The van der Waals surface area contributed by atoms with E-state index in [1.807, 2.05) is 0 Å². The molecule has 5 N–H and O–H groups in total. The summed E-state index contributed by atoms with van der Waals surface area (Å²) in [6.07, 6.45) is 7.69. The summed E-state index contributed by atoms with van der Waals surface area (Å²) in [5.74, 6) is -4.90. The number of hydroxylamine groups is 4. The van der Waals surface area contributed by atoms with Crippen molar-refractivity contribution in [2.75, 3.05) is 26.2 Å². The first kappa shape index (κ1) is 34.0. The van der Waals surface area contributed by atoms with Crippen LogP contribution in [0.4, 0.5) is 0 Å². The quantitative estimate of drug-likeness (QED) is 0.0604. The molecule has 212 valence electrons. The SMILES string of the molecule is CCCCCCC/C=C/C(=O)N(O)CCCNC(=O)CC(O)(CC(=O)NCCCN(O)C(C)=O)C(=O)[O-]. The molecule has 1 unspecified atom stereocenters. The summed E-state index contributed by atoms with van der Waals surface area (Å²) in [4.78, 5) is 58.2. The lowest BCUT2D eigenvalue weighted by Crippen LogP contribution is -2.53. The van der Waals surface area contributed by atoms with Gasteiger partial charge in [0, 0.05) is 26.1 Å². The van der Waals surface area contributed by atoms with Gasteiger partial charge in [-0.25, -0.2) is 10.1 Å². The zero-order valence-corrected chi connectivity index (χ0v) is 21.7. The number of carboxylic acid groups (broad SMARTS) is 1. The molecule has 0 aliphatic heterocycles. The number of rotatable bonds is 20. The maximum absolute atomic E-state index is 12.1. The van der Waals surface area contributed by atoms with Crippen molar-refractivity contribution in [3.05, 3.63) is 12.2 Å². The molecule has 0 saturated heterocycles. The number of carboxylic acids is 1. The molecule has 0 aliphatic carbocycles. The van der Waals surface area contributed by atoms with Crippen LogP contribution in [0.15, 0.2) is 12.2 Å². The molecule has 1 atom stereocenters. The molecule has 0 aromatic carbocycles. The van der Waals surface area contributed by atoms with Crippen molar-refractivity contribution in [3.63, 3.8) is 0 Å². The number of hydrogen-bond acceptors (Lipinski definition) is 9. The van der Waals surface area contributed by atoms with Crippen molar-refractivity contribution in [3.8, 4) is 0 Å². The first-order valence-corrected chi connectivity index (χ1v) is 12.5. The van der Waals surface area contributed by atoms with Gasteiger partial charge in [0.1, 0.15) is 5.60 Å². The summed E-state index contributed by atoms with van der Waals surface area (Å²) in [5.41, 5.74) is -2.75. The molecule has 37 heavy (non-hydrogen) atoms. The molecule has 0 bridgehead atoms. The number of nitrogens with one attached hydrogen (secondary N) is 2. The van der Waals surface area contributed by atoms with Gasteiger partial charge in [-0.15, -0.1) is 0 Å². The van der Waals surface area contributed by atoms with Crippen molar-refractivity contribution >= 4 is 29.6 Å². The molecule has 0 rings (SSSR count). The van der Waals surface area contributed by atoms with Gasteiger partial charge in [0.2, 0.25) is 17.7 Å². The average Bonchev–Trinajstić information content (AvgIpc) is 2.83. The monoisotopic (exact) mass is 529 g/mol. The topological polar surface area (TPSA) is 200 Å². The lowest BCUT2D eigenvalue weighted by atomic mass is 9.94. The smallest absolute Gasteiger partial charge is 0.269 e. The molecule has 0 saturated carbocycles. The first-order valence-electron chi connectivity index (χ1n) is 12.5. The second-order valence-electron chi connectivity index (χ2n) is 8.79. The van der Waals surface area contributed by atoms with E-state index in [0.717, 1.165) is 39.0 Å². The lowest BCUT2D eigenvalue weighted by Gasteiger charge is -2.28. The van der Waals surface area contributed by atoms with E-state index in [0.29, 0.717) is 10.1 Å². The average molecular weight is 530 g/mol. The molecule has 0 heterocycles. The van der Waals surface area contributed by atoms with Crippen molar-refractivity contribution in [2.45, 2.75) is 83.7 Å². The molecule has 0 aromatic heterocycles. The van der Waals surface area contributed by atoms with Crippen LogP contribution in [0.25, 0.3) is 0 Å². The fourth-order valence-corrected chi connectivity index (χ4v) is 3.18. The molecule has 13 nitrogen and oxygen atoms in total. The fraction of sp³-hybridized carbons (Fsp3) is 0.708. The molecule has 0 radical (unpaired) electrons. The van der Waals surface area contributed by atoms with E-state index in [1.165, 1.54) is 12.5 Å². The van der Waals surface area contributed by atoms with E-state index >= 15 is 0 Å². The van der Waals surface area contributed by atoms with Gasteiger partial charge in [0.25, 0.3) is 5.91 Å². The van der Waals surface area contributed by atoms with Gasteiger partial charge in [-0.3, -0.25) is 29.6 Å². The van der Waals surface area contributed by atoms with Gasteiger partial charge in [0.05, 0.1) is 31.9 Å². The highest BCUT2D eigenvalue weighted by molar-refractivity contribution is 5.91. The third-order valence-electron chi connectivity index (χ3n) is 5.38. The Kier molecular flexibility index (Phi) is 17.6. The number of aliphatic carboxylic acids is 1. The largest absolute Gasteiger partial charge is 0.547 e. The van der Waals surface area contributed by atoms with E-state index < -0.39 is 48.0 Å². The van der Waals surface area contributed by atoms with Gasteiger partial charge in [0.15, 0.2) is 0 Å². The highest BCUT2D eigenvalue weighted by Crippen LogP contribution is 2.15. The zero-order valence-electron chi connectivity index (χ0n) is 21.7. The second-order valence-corrected chi connectivity index (χ2v) is 8.79. The number of carbonyl (C=O) groups is 5. The van der Waals surface area contributed by atoms with Crippen LogP contribution in [-0.2, 0) is 24.0 Å². The molecule has 0 aliphatic rings. The van der Waals surface area contributed by atoms with Gasteiger partial charge < -0.3 is 25.6 Å². The highest BCUT2D eigenvalue weighted by atomic mass is 16.5. The Labute approximate surface area is 217 Å². The van der Waals surface area contributed by atoms with Crippen LogP contribution < -0.4 is 15.7 Å². The molecule has 4 amide bonds. The van der Waals surface area contributed by atoms with Crippen molar-refractivity contribution in [1.82, 2.24) is 20.8 Å². The molecule has 0 aromatic rings. The summed E-state index contributed by atoms with van der Waals surface area (Å²) >= 11 is 0. The third kappa shape index (κ3) is 16.4. The van der Waals surface area contributed by atoms with E-state index in [4.69, 9.17) is 0 Å². The number of unbranched alkanes of at least 4 members (excludes halogenated alkanes) is 5. The van der Waals surface area contributed by atoms with Crippen LogP contribution in [0.1, 0.15) is 78.1 Å². The van der Waals surface area contributed by atoms with Gasteiger partial charge in [-0.2, -0.15) is 0 Å². The second kappa shape index (κ2) is 19.1. The summed E-state index contributed by atoms with van der Waals surface area (Å²) in [5, 5.41) is 46.3. The van der Waals surface area contributed by atoms with Crippen LogP contribution in [0.5, 0.6) is 0 Å². The molecular formula is C24H41N4O9-. The number of hydrogen-bond donors (Lipinski definition) is 5. The minimum absolute atomic E-state index is 0.0109. The number of nitrogens with zero attached hydrogens (tertiary/aromatic N) is 2. The van der Waals surface area contributed by atoms with Crippen LogP contribution in [0, 0.1) is 0 Å². The Morgan fingerprint density at radius 3 is 1.84 bits per heavy atom. The summed E-state index contributed by atoms with van der Waals surface area (Å²) in [6, 6.07) is 0. The van der Waals surface area contributed by atoms with Crippen LogP contribution >= 0.6 is 0 Å². The normalized spacial score (nSPS) is 12.6. The highest BCUT2D eigenvalue weighted by Gasteiger charge is 2.34. The van der Waals surface area contributed by atoms with E-state index in [2.05, 4.69) is 17.6 Å². The first-order chi connectivity index (χ1) is 17.4. The van der Waals surface area contributed by atoms with Gasteiger partial charge >= 0.3 is 0 Å². The Hall–Kier alpha value is -3.03. The maximum atomic E-state index is 12.1.